The Bertz CT molecular complexity index is 1280. The number of benzene rings is 2. The Morgan fingerprint density at radius 3 is 1.42 bits per heavy atom. The maximum atomic E-state index is 11.0. The van der Waals surface area contributed by atoms with Crippen LogP contribution in [0.2, 0.25) is 0 Å². The Hall–Kier alpha value is -3.27. The van der Waals surface area contributed by atoms with E-state index < -0.39 is 5.41 Å². The van der Waals surface area contributed by atoms with E-state index in [1.54, 1.807) is 7.05 Å². The average Bonchev–Trinajstić information content (AvgIpc) is 3.05. The number of nitrogens with zero attached hydrogens (tertiary/aromatic N) is 3. The number of hydrogen-bond acceptors (Lipinski definition) is 7. The van der Waals surface area contributed by atoms with Crippen molar-refractivity contribution in [3.63, 3.8) is 0 Å². The minimum atomic E-state index is -0.648. The fourth-order valence-electron chi connectivity index (χ4n) is 6.88. The molecule has 0 bridgehead atoms. The second-order valence-electron chi connectivity index (χ2n) is 15.7. The number of rotatable bonds is 28. The Labute approximate surface area is 318 Å². The van der Waals surface area contributed by atoms with Crippen molar-refractivity contribution in [2.24, 2.45) is 10.2 Å². The summed E-state index contributed by atoms with van der Waals surface area (Å²) in [7, 11) is 1.75. The van der Waals surface area contributed by atoms with Gasteiger partial charge in [-0.2, -0.15) is 15.5 Å². The predicted molar refractivity (Wildman–Crippen MR) is 216 cm³/mol. The van der Waals surface area contributed by atoms with Gasteiger partial charge in [0.2, 0.25) is 0 Å². The fourth-order valence-corrected chi connectivity index (χ4v) is 6.88. The van der Waals surface area contributed by atoms with Crippen LogP contribution < -0.4 is 18.9 Å². The van der Waals surface area contributed by atoms with Gasteiger partial charge in [0, 0.05) is 19.2 Å². The number of aryl methyl sites for hydroxylation is 1. The first-order chi connectivity index (χ1) is 24.9. The van der Waals surface area contributed by atoms with Gasteiger partial charge in [-0.1, -0.05) is 71.1 Å². The van der Waals surface area contributed by atoms with Crippen LogP contribution in [0, 0.1) is 11.3 Å². The predicted octanol–water partition coefficient (Wildman–Crippen LogP) is 13.2. The highest BCUT2D eigenvalue weighted by molar-refractivity contribution is 5.45. The van der Waals surface area contributed by atoms with Crippen LogP contribution in [0.4, 0.5) is 0 Å². The number of unbranched alkanes of at least 4 members (excludes halogenated alkanes) is 9. The van der Waals surface area contributed by atoms with Gasteiger partial charge in [-0.15, -0.1) is 0 Å². The summed E-state index contributed by atoms with van der Waals surface area (Å²) in [5, 5.41) is 19.9. The van der Waals surface area contributed by atoms with Gasteiger partial charge in [-0.3, -0.25) is 0 Å². The molecule has 0 N–H and O–H groups in total. The van der Waals surface area contributed by atoms with Gasteiger partial charge in [-0.05, 0) is 129 Å². The second kappa shape index (κ2) is 24.9. The molecule has 0 saturated carbocycles. The highest BCUT2D eigenvalue weighted by Gasteiger charge is 2.33. The van der Waals surface area contributed by atoms with E-state index in [0.29, 0.717) is 0 Å². The lowest BCUT2D eigenvalue weighted by Crippen LogP contribution is -2.25. The topological polar surface area (TPSA) is 85.4 Å². The van der Waals surface area contributed by atoms with E-state index >= 15 is 0 Å². The van der Waals surface area contributed by atoms with E-state index in [1.165, 1.54) is 51.4 Å². The lowest BCUT2D eigenvalue weighted by molar-refractivity contribution is 0.227. The molecule has 2 rings (SSSR count). The first-order valence-corrected chi connectivity index (χ1v) is 20.6. The number of ether oxygens (including phenoxy) is 4. The Morgan fingerprint density at radius 2 is 1.00 bits per heavy atom. The molecule has 292 valence electrons. The molecule has 0 aliphatic rings. The molecule has 0 amide bonds. The summed E-state index contributed by atoms with van der Waals surface area (Å²) in [5.74, 6) is 3.17. The van der Waals surface area contributed by atoms with E-state index in [2.05, 4.69) is 47.5 Å². The van der Waals surface area contributed by atoms with Crippen LogP contribution in [0.15, 0.2) is 46.6 Å². The zero-order valence-corrected chi connectivity index (χ0v) is 34.6. The molecule has 2 aromatic carbocycles. The number of nitriles is 1. The minimum Gasteiger partial charge on any atom is -0.491 e. The summed E-state index contributed by atoms with van der Waals surface area (Å²) in [6.07, 6.45) is 17.8. The van der Waals surface area contributed by atoms with E-state index in [9.17, 15) is 5.26 Å². The molecule has 2 atom stereocenters. The summed E-state index contributed by atoms with van der Waals surface area (Å²) in [4.78, 5) is 0. The zero-order chi connectivity index (χ0) is 38.4. The van der Waals surface area contributed by atoms with Crippen LogP contribution in [0.25, 0.3) is 0 Å². The molecule has 0 saturated heterocycles. The van der Waals surface area contributed by atoms with Gasteiger partial charge in [0.25, 0.3) is 0 Å². The molecule has 2 unspecified atom stereocenters. The Balaban J connectivity index is 2.24. The molecule has 7 heteroatoms. The molecule has 2 aromatic rings. The summed E-state index contributed by atoms with van der Waals surface area (Å²) in [6.45, 7) is 18.6. The molecular weight excluding hydrogens is 647 g/mol. The second-order valence-corrected chi connectivity index (χ2v) is 15.7. The van der Waals surface area contributed by atoms with Gasteiger partial charge in [-0.25, -0.2) is 0 Å². The third-order valence-corrected chi connectivity index (χ3v) is 9.22. The van der Waals surface area contributed by atoms with Crippen molar-refractivity contribution in [2.45, 2.75) is 201 Å². The summed E-state index contributed by atoms with van der Waals surface area (Å²) >= 11 is 0. The first-order valence-electron chi connectivity index (χ1n) is 20.6. The molecule has 0 aromatic heterocycles. The van der Waals surface area contributed by atoms with Gasteiger partial charge in [0.1, 0.15) is 23.0 Å². The zero-order valence-electron chi connectivity index (χ0n) is 34.6. The Morgan fingerprint density at radius 1 is 0.577 bits per heavy atom. The molecule has 0 heterocycles. The molecule has 0 radical (unpaired) electrons. The van der Waals surface area contributed by atoms with Gasteiger partial charge in [0.15, 0.2) is 0 Å². The fraction of sp³-hybridized carbons (Fsp3) is 0.711. The number of azo groups is 1. The van der Waals surface area contributed by atoms with E-state index in [4.69, 9.17) is 18.9 Å². The van der Waals surface area contributed by atoms with E-state index in [0.717, 1.165) is 85.5 Å². The third kappa shape index (κ3) is 18.0. The van der Waals surface area contributed by atoms with Gasteiger partial charge < -0.3 is 18.9 Å². The lowest BCUT2D eigenvalue weighted by atomic mass is 9.73. The van der Waals surface area contributed by atoms with E-state index in [1.807, 2.05) is 67.5 Å². The minimum absolute atomic E-state index is 0.0198. The van der Waals surface area contributed by atoms with Crippen molar-refractivity contribution >= 4 is 0 Å². The van der Waals surface area contributed by atoms with Crippen LogP contribution in [-0.4, -0.2) is 37.5 Å². The number of hydrogen-bond donors (Lipinski definition) is 0. The SMILES string of the molecule is CCCCCCCCCCCCC(C#N)(CCCC(CCc1cc(OC(C)C)cc(OC(C)C)c1)N=NC)c1cc(OC(C)C)cc(OC(C)C)c1. The quantitative estimate of drug-likeness (QED) is 0.0645. The molecular formula is C45H73N3O4. The molecule has 7 nitrogen and oxygen atoms in total. The van der Waals surface area contributed by atoms with Crippen molar-refractivity contribution in [1.82, 2.24) is 0 Å². The standard InChI is InChI=1S/C45H73N3O4/c1-11-12-13-14-15-16-17-18-19-20-25-45(33-46,39-29-43(51-36(6)7)32-44(30-39)52-37(8)9)26-21-22-40(48-47-10)24-23-38-27-41(49-34(2)3)31-42(28-38)50-35(4)5/h27-32,34-37,40H,11-26H2,1-10H3. The van der Waals surface area contributed by atoms with Gasteiger partial charge in [0.05, 0.1) is 41.9 Å². The van der Waals surface area contributed by atoms with Crippen LogP contribution in [0.3, 0.4) is 0 Å². The van der Waals surface area contributed by atoms with Crippen molar-refractivity contribution in [3.05, 3.63) is 47.5 Å². The van der Waals surface area contributed by atoms with Crippen LogP contribution >= 0.6 is 0 Å². The smallest absolute Gasteiger partial charge is 0.123 e. The summed E-state index contributed by atoms with van der Waals surface area (Å²) < 4.78 is 24.5. The maximum absolute atomic E-state index is 11.0. The van der Waals surface area contributed by atoms with Crippen molar-refractivity contribution in [3.8, 4) is 29.1 Å². The first kappa shape index (κ1) is 44.9. The molecule has 0 fully saturated rings. The van der Waals surface area contributed by atoms with E-state index in [-0.39, 0.29) is 30.5 Å². The summed E-state index contributed by atoms with van der Waals surface area (Å²) in [6, 6.07) is 15.2. The highest BCUT2D eigenvalue weighted by atomic mass is 16.5. The third-order valence-electron chi connectivity index (χ3n) is 9.22. The average molecular weight is 720 g/mol. The van der Waals surface area contributed by atoms with Crippen molar-refractivity contribution < 1.29 is 18.9 Å². The maximum Gasteiger partial charge on any atom is 0.123 e. The monoisotopic (exact) mass is 720 g/mol. The highest BCUT2D eigenvalue weighted by Crippen LogP contribution is 2.40. The molecule has 0 aliphatic carbocycles. The summed E-state index contributed by atoms with van der Waals surface area (Å²) in [5.41, 5.74) is 1.51. The van der Waals surface area contributed by atoms with Crippen LogP contribution in [0.5, 0.6) is 23.0 Å². The lowest BCUT2D eigenvalue weighted by Gasteiger charge is -2.29. The molecule has 52 heavy (non-hydrogen) atoms. The molecule has 0 aliphatic heterocycles. The largest absolute Gasteiger partial charge is 0.491 e. The normalized spacial score (nSPS) is 13.6. The Kier molecular flexibility index (Phi) is 21.5. The van der Waals surface area contributed by atoms with Crippen LogP contribution in [-0.2, 0) is 11.8 Å². The molecule has 0 spiro atoms. The van der Waals surface area contributed by atoms with Crippen LogP contribution in [0.1, 0.15) is 170 Å². The van der Waals surface area contributed by atoms with Crippen molar-refractivity contribution in [1.29, 1.82) is 5.26 Å². The van der Waals surface area contributed by atoms with Crippen molar-refractivity contribution in [2.75, 3.05) is 7.05 Å². The van der Waals surface area contributed by atoms with Gasteiger partial charge >= 0.3 is 0 Å².